The summed E-state index contributed by atoms with van der Waals surface area (Å²) in [6.07, 6.45) is 5.05. The number of hydrogen-bond acceptors (Lipinski definition) is 5. The number of para-hydroxylation sites is 1. The number of rotatable bonds is 6. The Morgan fingerprint density at radius 2 is 1.93 bits per heavy atom. The lowest BCUT2D eigenvalue weighted by Crippen LogP contribution is -2.34. The van der Waals surface area contributed by atoms with Gasteiger partial charge in [0, 0.05) is 18.5 Å². The number of benzene rings is 1. The quantitative estimate of drug-likeness (QED) is 0.572. The number of amides is 1. The van der Waals surface area contributed by atoms with E-state index in [-0.39, 0.29) is 12.5 Å². The van der Waals surface area contributed by atoms with Crippen LogP contribution < -0.4 is 0 Å². The molecule has 4 rings (SSSR count). The molecule has 3 aromatic rings. The van der Waals surface area contributed by atoms with Gasteiger partial charge in [0.25, 0.3) is 5.91 Å². The molecule has 0 N–H and O–H groups in total. The lowest BCUT2D eigenvalue weighted by Gasteiger charge is -2.18. The van der Waals surface area contributed by atoms with Crippen LogP contribution in [0.3, 0.4) is 0 Å². The average Bonchev–Trinajstić information content (AvgIpc) is 3.42. The Bertz CT molecular complexity index is 1110. The van der Waals surface area contributed by atoms with E-state index in [0.29, 0.717) is 25.1 Å². The van der Waals surface area contributed by atoms with Gasteiger partial charge in [-0.1, -0.05) is 18.2 Å². The van der Waals surface area contributed by atoms with Gasteiger partial charge >= 0.3 is 5.97 Å². The smallest absolute Gasteiger partial charge is 0.339 e. The van der Waals surface area contributed by atoms with Crippen LogP contribution in [0.15, 0.2) is 47.1 Å². The molecular weight excluding hydrogens is 380 g/mol. The van der Waals surface area contributed by atoms with Crippen LogP contribution in [0.5, 0.6) is 0 Å². The van der Waals surface area contributed by atoms with Crippen molar-refractivity contribution in [3.63, 3.8) is 0 Å². The van der Waals surface area contributed by atoms with Gasteiger partial charge in [0.1, 0.15) is 5.76 Å². The number of hydrogen-bond donors (Lipinski definition) is 0. The van der Waals surface area contributed by atoms with Crippen molar-refractivity contribution in [2.45, 2.75) is 26.7 Å². The zero-order chi connectivity index (χ0) is 21.1. The molecule has 0 saturated heterocycles. The average molecular weight is 404 g/mol. The van der Waals surface area contributed by atoms with Crippen LogP contribution in [0.25, 0.3) is 22.6 Å². The molecule has 6 nitrogen and oxygen atoms in total. The third-order valence-corrected chi connectivity index (χ3v) is 5.45. The summed E-state index contributed by atoms with van der Waals surface area (Å²) >= 11 is 0. The van der Waals surface area contributed by atoms with E-state index in [1.165, 1.54) is 0 Å². The molecule has 1 aliphatic rings. The third-order valence-electron chi connectivity index (χ3n) is 5.45. The highest BCUT2D eigenvalue weighted by atomic mass is 16.5. The highest BCUT2D eigenvalue weighted by Crippen LogP contribution is 2.37. The number of carbonyl (C=O) groups excluding carboxylic acids is 2. The van der Waals surface area contributed by atoms with Crippen LogP contribution in [-0.4, -0.2) is 41.5 Å². The standard InChI is InChI=1S/C24H24N2O4/c1-3-26(4-2)21(27)15-30-24(28)22-18-9-5-6-10-20(18)25-23-16(11-12-19(22)23)14-17-8-7-13-29-17/h5-10,13-14H,3-4,11-12,15H2,1-2H3/b16-14+. The molecule has 6 heteroatoms. The first-order chi connectivity index (χ1) is 14.6. The van der Waals surface area contributed by atoms with E-state index in [2.05, 4.69) is 0 Å². The van der Waals surface area contributed by atoms with Crippen LogP contribution in [-0.2, 0) is 16.0 Å². The zero-order valence-electron chi connectivity index (χ0n) is 17.2. The second-order valence-electron chi connectivity index (χ2n) is 7.16. The minimum atomic E-state index is -0.482. The van der Waals surface area contributed by atoms with Crippen LogP contribution in [0.4, 0.5) is 0 Å². The second-order valence-corrected chi connectivity index (χ2v) is 7.16. The lowest BCUT2D eigenvalue weighted by molar-refractivity contribution is -0.134. The number of fused-ring (bicyclic) bond motifs is 2. The summed E-state index contributed by atoms with van der Waals surface area (Å²) in [5.74, 6) is 0.0770. The Kier molecular flexibility index (Phi) is 5.65. The van der Waals surface area contributed by atoms with Gasteiger partial charge in [-0.05, 0) is 62.1 Å². The predicted molar refractivity (Wildman–Crippen MR) is 115 cm³/mol. The van der Waals surface area contributed by atoms with Crippen molar-refractivity contribution in [1.29, 1.82) is 0 Å². The SMILES string of the molecule is CCN(CC)C(=O)COC(=O)c1c2c(nc3ccccc13)/C(=C/c1ccco1)CC2. The molecule has 0 bridgehead atoms. The topological polar surface area (TPSA) is 72.6 Å². The summed E-state index contributed by atoms with van der Waals surface area (Å²) in [5, 5.41) is 0.746. The summed E-state index contributed by atoms with van der Waals surface area (Å²) in [6, 6.07) is 11.3. The lowest BCUT2D eigenvalue weighted by atomic mass is 10.0. The van der Waals surface area contributed by atoms with Gasteiger partial charge in [0.05, 0.1) is 23.0 Å². The van der Waals surface area contributed by atoms with E-state index in [4.69, 9.17) is 14.1 Å². The molecule has 0 radical (unpaired) electrons. The van der Waals surface area contributed by atoms with Gasteiger partial charge in [-0.3, -0.25) is 4.79 Å². The maximum absolute atomic E-state index is 13.1. The minimum Gasteiger partial charge on any atom is -0.465 e. The number of ether oxygens (including phenoxy) is 1. The van der Waals surface area contributed by atoms with Gasteiger partial charge < -0.3 is 14.1 Å². The maximum atomic E-state index is 13.1. The summed E-state index contributed by atoms with van der Waals surface area (Å²) in [6.45, 7) is 4.71. The van der Waals surface area contributed by atoms with Gasteiger partial charge in [-0.15, -0.1) is 0 Å². The molecule has 2 heterocycles. The van der Waals surface area contributed by atoms with Gasteiger partial charge in [0.2, 0.25) is 0 Å². The van der Waals surface area contributed by atoms with Crippen LogP contribution in [0.2, 0.25) is 0 Å². The Balaban J connectivity index is 1.71. The fourth-order valence-corrected chi connectivity index (χ4v) is 3.92. The van der Waals surface area contributed by atoms with Crippen LogP contribution >= 0.6 is 0 Å². The molecule has 0 unspecified atom stereocenters. The molecule has 1 aromatic carbocycles. The minimum absolute atomic E-state index is 0.193. The Labute approximate surface area is 175 Å². The van der Waals surface area contributed by atoms with Crippen molar-refractivity contribution in [3.8, 4) is 0 Å². The highest BCUT2D eigenvalue weighted by molar-refractivity contribution is 6.07. The summed E-state index contributed by atoms with van der Waals surface area (Å²) in [4.78, 5) is 31.8. The molecule has 0 fully saturated rings. The van der Waals surface area contributed by atoms with Gasteiger partial charge in [-0.25, -0.2) is 9.78 Å². The predicted octanol–water partition coefficient (Wildman–Crippen LogP) is 4.34. The van der Waals surface area contributed by atoms with Gasteiger partial charge in [0.15, 0.2) is 6.61 Å². The number of furan rings is 1. The molecular formula is C24H24N2O4. The second kappa shape index (κ2) is 8.53. The van der Waals surface area contributed by atoms with E-state index in [1.807, 2.05) is 56.3 Å². The van der Waals surface area contributed by atoms with Crippen molar-refractivity contribution < 1.29 is 18.7 Å². The molecule has 1 aliphatic carbocycles. The van der Waals surface area contributed by atoms with E-state index >= 15 is 0 Å². The first-order valence-electron chi connectivity index (χ1n) is 10.2. The summed E-state index contributed by atoms with van der Waals surface area (Å²) in [5.41, 5.74) is 3.93. The van der Waals surface area contributed by atoms with E-state index < -0.39 is 5.97 Å². The van der Waals surface area contributed by atoms with E-state index in [0.717, 1.165) is 39.9 Å². The number of nitrogens with zero attached hydrogens (tertiary/aromatic N) is 2. The molecule has 1 amide bonds. The number of esters is 1. The zero-order valence-corrected chi connectivity index (χ0v) is 17.2. The van der Waals surface area contributed by atoms with E-state index in [9.17, 15) is 9.59 Å². The van der Waals surface area contributed by atoms with Crippen molar-refractivity contribution in [3.05, 3.63) is 65.2 Å². The summed E-state index contributed by atoms with van der Waals surface area (Å²) < 4.78 is 10.9. The molecule has 0 aliphatic heterocycles. The van der Waals surface area contributed by atoms with Crippen molar-refractivity contribution in [1.82, 2.24) is 9.88 Å². The number of allylic oxidation sites excluding steroid dienone is 1. The Morgan fingerprint density at radius 1 is 1.13 bits per heavy atom. The Hall–Kier alpha value is -3.41. The summed E-state index contributed by atoms with van der Waals surface area (Å²) in [7, 11) is 0. The first-order valence-corrected chi connectivity index (χ1v) is 10.2. The molecule has 2 aromatic heterocycles. The molecule has 0 spiro atoms. The third kappa shape index (κ3) is 3.73. The Morgan fingerprint density at radius 3 is 2.67 bits per heavy atom. The number of likely N-dealkylation sites (N-methyl/N-ethyl adjacent to an activating group) is 1. The van der Waals surface area contributed by atoms with Crippen molar-refractivity contribution in [2.24, 2.45) is 0 Å². The van der Waals surface area contributed by atoms with Crippen molar-refractivity contribution in [2.75, 3.05) is 19.7 Å². The number of carbonyl (C=O) groups is 2. The number of aromatic nitrogens is 1. The van der Waals surface area contributed by atoms with Crippen molar-refractivity contribution >= 4 is 34.4 Å². The fourth-order valence-electron chi connectivity index (χ4n) is 3.92. The normalized spacial score (nSPS) is 14.1. The molecule has 0 atom stereocenters. The molecule has 154 valence electrons. The van der Waals surface area contributed by atoms with Gasteiger partial charge in [-0.2, -0.15) is 0 Å². The maximum Gasteiger partial charge on any atom is 0.339 e. The monoisotopic (exact) mass is 404 g/mol. The van der Waals surface area contributed by atoms with Crippen LogP contribution in [0.1, 0.15) is 47.6 Å². The highest BCUT2D eigenvalue weighted by Gasteiger charge is 2.28. The molecule has 30 heavy (non-hydrogen) atoms. The van der Waals surface area contributed by atoms with Crippen LogP contribution in [0, 0.1) is 0 Å². The molecule has 0 saturated carbocycles. The first kappa shape index (κ1) is 19.9. The fraction of sp³-hybridized carbons (Fsp3) is 0.292. The largest absolute Gasteiger partial charge is 0.465 e. The van der Waals surface area contributed by atoms with E-state index in [1.54, 1.807) is 11.2 Å². The number of pyridine rings is 1.